The number of hydrogen-bond acceptors (Lipinski definition) is 5. The number of ether oxygens (including phenoxy) is 1. The van der Waals surface area contributed by atoms with E-state index in [1.807, 2.05) is 6.92 Å². The van der Waals surface area contributed by atoms with Crippen molar-refractivity contribution < 1.29 is 19.2 Å². The van der Waals surface area contributed by atoms with Gasteiger partial charge < -0.3 is 14.9 Å². The standard InChI is InChI=1S/C10H14N2O4/c1-6-5-11-9(14)10(2)4-7(8(13)15-3)16-12(6)10/h4,6H,5H2,1-3H3,(H,11,14). The third kappa shape index (κ3) is 1.37. The van der Waals surface area contributed by atoms with Crippen molar-refractivity contribution in [2.24, 2.45) is 0 Å². The Morgan fingerprint density at radius 1 is 1.75 bits per heavy atom. The second kappa shape index (κ2) is 3.48. The van der Waals surface area contributed by atoms with Crippen LogP contribution in [0.3, 0.4) is 0 Å². The largest absolute Gasteiger partial charge is 0.463 e. The zero-order chi connectivity index (χ0) is 11.9. The molecule has 2 atom stereocenters. The topological polar surface area (TPSA) is 67.9 Å². The van der Waals surface area contributed by atoms with E-state index in [1.165, 1.54) is 18.2 Å². The van der Waals surface area contributed by atoms with Crippen LogP contribution in [0.2, 0.25) is 0 Å². The number of methoxy groups -OCH3 is 1. The highest BCUT2D eigenvalue weighted by atomic mass is 16.7. The molecule has 0 radical (unpaired) electrons. The maximum atomic E-state index is 11.8. The normalized spacial score (nSPS) is 33.6. The first-order chi connectivity index (χ1) is 7.49. The van der Waals surface area contributed by atoms with Gasteiger partial charge in [-0.25, -0.2) is 4.79 Å². The van der Waals surface area contributed by atoms with Gasteiger partial charge in [0.05, 0.1) is 13.2 Å². The third-order valence-corrected chi connectivity index (χ3v) is 2.87. The number of amides is 1. The van der Waals surface area contributed by atoms with Crippen molar-refractivity contribution in [2.75, 3.05) is 13.7 Å². The fourth-order valence-corrected chi connectivity index (χ4v) is 1.96. The summed E-state index contributed by atoms with van der Waals surface area (Å²) < 4.78 is 4.57. The maximum Gasteiger partial charge on any atom is 0.375 e. The van der Waals surface area contributed by atoms with Crippen molar-refractivity contribution in [2.45, 2.75) is 25.4 Å². The highest BCUT2D eigenvalue weighted by molar-refractivity contribution is 5.94. The van der Waals surface area contributed by atoms with Crippen LogP contribution in [0.5, 0.6) is 0 Å². The maximum absolute atomic E-state index is 11.8. The Morgan fingerprint density at radius 3 is 3.00 bits per heavy atom. The summed E-state index contributed by atoms with van der Waals surface area (Å²) in [5.74, 6) is -0.686. The van der Waals surface area contributed by atoms with Crippen molar-refractivity contribution in [1.29, 1.82) is 0 Å². The first-order valence-electron chi connectivity index (χ1n) is 5.06. The molecule has 6 nitrogen and oxygen atoms in total. The molecule has 2 unspecified atom stereocenters. The van der Waals surface area contributed by atoms with Gasteiger partial charge in [0.25, 0.3) is 0 Å². The lowest BCUT2D eigenvalue weighted by Gasteiger charge is -2.39. The molecule has 0 aromatic carbocycles. The number of carbonyl (C=O) groups is 2. The van der Waals surface area contributed by atoms with E-state index in [2.05, 4.69) is 10.1 Å². The number of rotatable bonds is 1. The Balaban J connectivity index is 2.32. The van der Waals surface area contributed by atoms with Crippen LogP contribution in [0, 0.1) is 0 Å². The van der Waals surface area contributed by atoms with E-state index in [1.54, 1.807) is 6.92 Å². The summed E-state index contributed by atoms with van der Waals surface area (Å²) in [5, 5.41) is 4.29. The van der Waals surface area contributed by atoms with E-state index in [0.29, 0.717) is 6.54 Å². The average Bonchev–Trinajstić information content (AvgIpc) is 2.63. The minimum Gasteiger partial charge on any atom is -0.463 e. The van der Waals surface area contributed by atoms with Gasteiger partial charge in [0.15, 0.2) is 5.54 Å². The summed E-state index contributed by atoms with van der Waals surface area (Å²) >= 11 is 0. The molecule has 0 bridgehead atoms. The molecule has 1 fully saturated rings. The summed E-state index contributed by atoms with van der Waals surface area (Å²) in [5.41, 5.74) is -0.929. The number of hydroxylamine groups is 2. The molecule has 1 saturated heterocycles. The third-order valence-electron chi connectivity index (χ3n) is 2.87. The summed E-state index contributed by atoms with van der Waals surface area (Å²) in [4.78, 5) is 28.5. The van der Waals surface area contributed by atoms with E-state index in [-0.39, 0.29) is 17.7 Å². The van der Waals surface area contributed by atoms with Crippen molar-refractivity contribution in [1.82, 2.24) is 10.4 Å². The van der Waals surface area contributed by atoms with Crippen molar-refractivity contribution in [3.8, 4) is 0 Å². The van der Waals surface area contributed by atoms with Crippen LogP contribution >= 0.6 is 0 Å². The molecule has 16 heavy (non-hydrogen) atoms. The lowest BCUT2D eigenvalue weighted by Crippen LogP contribution is -2.63. The Kier molecular flexibility index (Phi) is 2.38. The highest BCUT2D eigenvalue weighted by Crippen LogP contribution is 2.33. The van der Waals surface area contributed by atoms with E-state index < -0.39 is 11.5 Å². The first kappa shape index (κ1) is 10.9. The van der Waals surface area contributed by atoms with Gasteiger partial charge in [-0.1, -0.05) is 0 Å². The Hall–Kier alpha value is -1.56. The smallest absolute Gasteiger partial charge is 0.375 e. The molecule has 2 heterocycles. The number of hydrogen-bond donors (Lipinski definition) is 1. The van der Waals surface area contributed by atoms with Crippen LogP contribution in [0.4, 0.5) is 0 Å². The number of piperazine rings is 1. The Morgan fingerprint density at radius 2 is 2.44 bits per heavy atom. The van der Waals surface area contributed by atoms with Gasteiger partial charge in [-0.15, -0.1) is 5.06 Å². The van der Waals surface area contributed by atoms with Crippen LogP contribution in [-0.4, -0.2) is 42.2 Å². The SMILES string of the molecule is COC(=O)C1=CC2(C)C(=O)NCC(C)N2O1. The van der Waals surface area contributed by atoms with Crippen LogP contribution in [-0.2, 0) is 19.2 Å². The van der Waals surface area contributed by atoms with Crippen LogP contribution in [0.1, 0.15) is 13.8 Å². The molecule has 1 amide bonds. The van der Waals surface area contributed by atoms with Crippen LogP contribution < -0.4 is 5.32 Å². The molecule has 1 N–H and O–H groups in total. The molecule has 2 rings (SSSR count). The van der Waals surface area contributed by atoms with E-state index in [4.69, 9.17) is 4.84 Å². The molecule has 2 aliphatic heterocycles. The second-order valence-corrected chi connectivity index (χ2v) is 4.12. The van der Waals surface area contributed by atoms with Gasteiger partial charge in [-0.3, -0.25) is 4.79 Å². The molecular formula is C10H14N2O4. The van der Waals surface area contributed by atoms with E-state index in [9.17, 15) is 9.59 Å². The molecule has 0 aromatic rings. The minimum atomic E-state index is -0.929. The predicted octanol–water partition coefficient (Wildman–Crippen LogP) is -0.433. The van der Waals surface area contributed by atoms with Gasteiger partial charge in [-0.2, -0.15) is 0 Å². The molecule has 0 aromatic heterocycles. The van der Waals surface area contributed by atoms with Crippen LogP contribution in [0.25, 0.3) is 0 Å². The first-order valence-corrected chi connectivity index (χ1v) is 5.06. The molecule has 88 valence electrons. The highest BCUT2D eigenvalue weighted by Gasteiger charge is 2.51. The summed E-state index contributed by atoms with van der Waals surface area (Å²) in [6.45, 7) is 4.11. The fraction of sp³-hybridized carbons (Fsp3) is 0.600. The Bertz CT molecular complexity index is 379. The fourth-order valence-electron chi connectivity index (χ4n) is 1.96. The molecule has 0 spiro atoms. The predicted molar refractivity (Wildman–Crippen MR) is 53.9 cm³/mol. The van der Waals surface area contributed by atoms with Gasteiger partial charge in [0.1, 0.15) is 0 Å². The number of carbonyl (C=O) groups excluding carboxylic acids is 2. The van der Waals surface area contributed by atoms with E-state index in [0.717, 1.165) is 0 Å². The second-order valence-electron chi connectivity index (χ2n) is 4.12. The lowest BCUT2D eigenvalue weighted by molar-refractivity contribution is -0.198. The van der Waals surface area contributed by atoms with Crippen molar-refractivity contribution in [3.05, 3.63) is 11.8 Å². The zero-order valence-corrected chi connectivity index (χ0v) is 9.44. The number of fused-ring (bicyclic) bond motifs is 1. The summed E-state index contributed by atoms with van der Waals surface area (Å²) in [6, 6.07) is 0.00102. The molecule has 0 aliphatic carbocycles. The average molecular weight is 226 g/mol. The zero-order valence-electron chi connectivity index (χ0n) is 9.44. The molecule has 6 heteroatoms. The van der Waals surface area contributed by atoms with Gasteiger partial charge in [0.2, 0.25) is 11.7 Å². The quantitative estimate of drug-likeness (QED) is 0.614. The molecular weight excluding hydrogens is 212 g/mol. The van der Waals surface area contributed by atoms with Gasteiger partial charge in [0, 0.05) is 12.6 Å². The van der Waals surface area contributed by atoms with E-state index >= 15 is 0 Å². The van der Waals surface area contributed by atoms with Crippen LogP contribution in [0.15, 0.2) is 11.8 Å². The van der Waals surface area contributed by atoms with Crippen molar-refractivity contribution >= 4 is 11.9 Å². The number of nitrogens with zero attached hydrogens (tertiary/aromatic N) is 1. The summed E-state index contributed by atoms with van der Waals surface area (Å²) in [7, 11) is 1.27. The molecule has 0 saturated carbocycles. The van der Waals surface area contributed by atoms with Crippen molar-refractivity contribution in [3.63, 3.8) is 0 Å². The lowest BCUT2D eigenvalue weighted by atomic mass is 9.96. The molecule has 2 aliphatic rings. The number of esters is 1. The van der Waals surface area contributed by atoms with Gasteiger partial charge >= 0.3 is 5.97 Å². The monoisotopic (exact) mass is 226 g/mol. The minimum absolute atomic E-state index is 0.00102. The Labute approximate surface area is 93.1 Å². The number of nitrogens with one attached hydrogen (secondary N) is 1. The summed E-state index contributed by atoms with van der Waals surface area (Å²) in [6.07, 6.45) is 1.49. The van der Waals surface area contributed by atoms with Gasteiger partial charge in [-0.05, 0) is 13.8 Å².